The van der Waals surface area contributed by atoms with Crippen molar-refractivity contribution >= 4 is 59.9 Å². The van der Waals surface area contributed by atoms with Gasteiger partial charge in [-0.2, -0.15) is 12.6 Å². The first-order valence-corrected chi connectivity index (χ1v) is 22.6. The first kappa shape index (κ1) is 56.0. The van der Waals surface area contributed by atoms with Crippen LogP contribution in [0.15, 0.2) is 12.5 Å². The van der Waals surface area contributed by atoms with E-state index in [1.165, 1.54) is 27.2 Å². The van der Waals surface area contributed by atoms with Crippen LogP contribution in [0.5, 0.6) is 0 Å². The molecule has 1 heterocycles. The second kappa shape index (κ2) is 33.5. The Morgan fingerprint density at radius 1 is 0.619 bits per heavy atom. The minimum absolute atomic E-state index is 0.0273. The number of H-pyrrole nitrogens is 1. The third-order valence-electron chi connectivity index (χ3n) is 10.3. The van der Waals surface area contributed by atoms with Gasteiger partial charge in [0.2, 0.25) is 41.4 Å². The van der Waals surface area contributed by atoms with E-state index in [4.69, 9.17) is 39.8 Å². The number of rotatable bonds is 37. The lowest BCUT2D eigenvalue weighted by molar-refractivity contribution is -0.142. The van der Waals surface area contributed by atoms with Gasteiger partial charge in [0, 0.05) is 89.8 Å². The molecule has 22 nitrogen and oxygen atoms in total. The fourth-order valence-corrected chi connectivity index (χ4v) is 7.23. The van der Waals surface area contributed by atoms with Crippen molar-refractivity contribution < 1.29 is 33.6 Å². The molecule has 0 aliphatic rings. The van der Waals surface area contributed by atoms with E-state index < -0.39 is 41.8 Å². The molecule has 23 heteroatoms. The van der Waals surface area contributed by atoms with Crippen molar-refractivity contribution in [2.45, 2.75) is 121 Å². The number of nitrogens with zero attached hydrogens (tertiary/aromatic N) is 4. The minimum Gasteiger partial charge on any atom is -0.370 e. The molecule has 3 unspecified atom stereocenters. The standard InChI is InChI=1S/C40H75N15O7S/c41-16-7-2-5-14-35(58)55(24-21-49-38(61)31(11-9-19-51-40(46)47)53(22-18-43)36(59)15-25-63)32(26-29-27-48-28-52-29)39(62)50-20-23-54(30(37(45)60)10-6-8-17-42)34(57)13-4-1-3-12-33(44)56/h27-28,30-32,63H,1-26,41-43H2,(H2,44,56)(H2,45,60)(H,48,52)(H,49,61)(H,50,62)(H4,46,47,51). The molecule has 7 amide bonds. The number of thiol groups is 1. The summed E-state index contributed by atoms with van der Waals surface area (Å²) in [5.41, 5.74) is 34.3. The average molecular weight is 910 g/mol. The first-order valence-electron chi connectivity index (χ1n) is 22.0. The maximum atomic E-state index is 14.3. The number of guanidine groups is 1. The molecule has 0 fully saturated rings. The average Bonchev–Trinajstić information content (AvgIpc) is 3.76. The van der Waals surface area contributed by atoms with E-state index in [0.29, 0.717) is 76.6 Å². The summed E-state index contributed by atoms with van der Waals surface area (Å²) in [4.78, 5) is 104. The second-order valence-corrected chi connectivity index (χ2v) is 15.7. The van der Waals surface area contributed by atoms with Crippen molar-refractivity contribution in [2.75, 3.05) is 64.7 Å². The van der Waals surface area contributed by atoms with Crippen LogP contribution in [0.3, 0.4) is 0 Å². The highest BCUT2D eigenvalue weighted by Gasteiger charge is 2.33. The van der Waals surface area contributed by atoms with Gasteiger partial charge in [0.1, 0.15) is 18.1 Å². The number of hydrogen-bond donors (Lipinski definition) is 12. The number of hydrogen-bond acceptors (Lipinski definition) is 13. The number of aromatic nitrogens is 2. The van der Waals surface area contributed by atoms with Crippen LogP contribution in [-0.4, -0.2) is 155 Å². The van der Waals surface area contributed by atoms with E-state index in [9.17, 15) is 33.6 Å². The molecule has 63 heavy (non-hydrogen) atoms. The summed E-state index contributed by atoms with van der Waals surface area (Å²) < 4.78 is 0. The van der Waals surface area contributed by atoms with Crippen LogP contribution in [0.4, 0.5) is 0 Å². The van der Waals surface area contributed by atoms with Crippen LogP contribution in [0, 0.1) is 5.41 Å². The Morgan fingerprint density at radius 2 is 1.14 bits per heavy atom. The van der Waals surface area contributed by atoms with Crippen LogP contribution < -0.4 is 50.4 Å². The van der Waals surface area contributed by atoms with E-state index in [1.54, 1.807) is 0 Å². The quantitative estimate of drug-likeness (QED) is 0.0147. The summed E-state index contributed by atoms with van der Waals surface area (Å²) in [7, 11) is 0. The van der Waals surface area contributed by atoms with Gasteiger partial charge in [-0.05, 0) is 76.6 Å². The van der Waals surface area contributed by atoms with Crippen LogP contribution in [-0.2, 0) is 40.0 Å². The van der Waals surface area contributed by atoms with Gasteiger partial charge in [-0.1, -0.05) is 12.8 Å². The monoisotopic (exact) mass is 910 g/mol. The molecule has 0 aliphatic carbocycles. The summed E-state index contributed by atoms with van der Waals surface area (Å²) in [5.74, 6) is -3.13. The number of nitrogens with one attached hydrogen (secondary N) is 5. The Bertz CT molecular complexity index is 1540. The molecule has 0 bridgehead atoms. The van der Waals surface area contributed by atoms with Gasteiger partial charge < -0.3 is 70.0 Å². The maximum Gasteiger partial charge on any atom is 0.243 e. The molecule has 1 rings (SSSR count). The molecule has 358 valence electrons. The Morgan fingerprint density at radius 3 is 1.67 bits per heavy atom. The van der Waals surface area contributed by atoms with Gasteiger partial charge in [-0.25, -0.2) is 4.98 Å². The predicted octanol–water partition coefficient (Wildman–Crippen LogP) is -2.11. The molecule has 0 aliphatic heterocycles. The smallest absolute Gasteiger partial charge is 0.243 e. The molecule has 0 radical (unpaired) electrons. The van der Waals surface area contributed by atoms with Crippen molar-refractivity contribution in [1.29, 1.82) is 5.41 Å². The zero-order valence-electron chi connectivity index (χ0n) is 36.8. The zero-order chi connectivity index (χ0) is 47.0. The van der Waals surface area contributed by atoms with Crippen molar-refractivity contribution in [3.05, 3.63) is 18.2 Å². The first-order chi connectivity index (χ1) is 30.2. The van der Waals surface area contributed by atoms with E-state index in [2.05, 4.69) is 38.5 Å². The van der Waals surface area contributed by atoms with Gasteiger partial charge in [0.25, 0.3) is 0 Å². The van der Waals surface area contributed by atoms with Crippen molar-refractivity contribution in [1.82, 2.24) is 40.6 Å². The van der Waals surface area contributed by atoms with Crippen LogP contribution in [0.2, 0.25) is 0 Å². The Hall–Kier alpha value is -5.00. The highest BCUT2D eigenvalue weighted by molar-refractivity contribution is 7.80. The number of carbonyl (C=O) groups excluding carboxylic acids is 7. The van der Waals surface area contributed by atoms with Gasteiger partial charge in [-0.15, -0.1) is 0 Å². The molecule has 17 N–H and O–H groups in total. The number of carbonyl (C=O) groups is 7. The van der Waals surface area contributed by atoms with Gasteiger partial charge in [-0.3, -0.25) is 39.0 Å². The van der Waals surface area contributed by atoms with Crippen molar-refractivity contribution in [2.24, 2.45) is 34.4 Å². The fraction of sp³-hybridized carbons (Fsp3) is 0.725. The van der Waals surface area contributed by atoms with Crippen LogP contribution in [0.1, 0.15) is 102 Å². The lowest BCUT2D eigenvalue weighted by atomic mass is 10.0. The maximum absolute atomic E-state index is 14.3. The zero-order valence-corrected chi connectivity index (χ0v) is 37.7. The number of primary amides is 2. The Kier molecular flexibility index (Phi) is 29.8. The molecular weight excluding hydrogens is 835 g/mol. The van der Waals surface area contributed by atoms with Gasteiger partial charge in [0.05, 0.1) is 6.33 Å². The van der Waals surface area contributed by atoms with Gasteiger partial charge in [0.15, 0.2) is 5.96 Å². The number of aromatic amines is 1. The number of unbranched alkanes of at least 4 members (excludes halogenated alkanes) is 5. The third kappa shape index (κ3) is 23.3. The predicted molar refractivity (Wildman–Crippen MR) is 243 cm³/mol. The largest absolute Gasteiger partial charge is 0.370 e. The summed E-state index contributed by atoms with van der Waals surface area (Å²) in [6.45, 7) is 1.04. The third-order valence-corrected chi connectivity index (χ3v) is 10.5. The normalized spacial score (nSPS) is 12.4. The fourth-order valence-electron chi connectivity index (χ4n) is 7.04. The summed E-state index contributed by atoms with van der Waals surface area (Å²) in [6, 6.07) is -2.99. The Balaban J connectivity index is 3.42. The highest BCUT2D eigenvalue weighted by Crippen LogP contribution is 2.16. The minimum atomic E-state index is -1.10. The van der Waals surface area contributed by atoms with Crippen LogP contribution in [0.25, 0.3) is 0 Å². The SMILES string of the molecule is N=C(N)NCCCC(C(=O)NCCN(C(=O)CCCCCN)C(Cc1cnc[nH]1)C(=O)NCCN(C(=O)CCCCCC(N)=O)C(CCCCN)C(N)=O)N(CCN)C(=O)CCS. The van der Waals surface area contributed by atoms with E-state index in [0.717, 1.165) is 0 Å². The molecule has 0 saturated heterocycles. The summed E-state index contributed by atoms with van der Waals surface area (Å²) in [5, 5.41) is 15.9. The summed E-state index contributed by atoms with van der Waals surface area (Å²) in [6.07, 6.45) is 8.93. The van der Waals surface area contributed by atoms with Crippen molar-refractivity contribution in [3.8, 4) is 0 Å². The lowest BCUT2D eigenvalue weighted by Gasteiger charge is -2.33. The highest BCUT2D eigenvalue weighted by atomic mass is 32.1. The second-order valence-electron chi connectivity index (χ2n) is 15.2. The molecule has 3 atom stereocenters. The lowest BCUT2D eigenvalue weighted by Crippen LogP contribution is -2.56. The summed E-state index contributed by atoms with van der Waals surface area (Å²) >= 11 is 4.19. The molecule has 0 saturated carbocycles. The molecule has 0 aromatic carbocycles. The number of imidazole rings is 1. The number of amides is 7. The van der Waals surface area contributed by atoms with E-state index >= 15 is 0 Å². The van der Waals surface area contributed by atoms with E-state index in [1.807, 2.05) is 0 Å². The number of nitrogens with two attached hydrogens (primary N) is 6. The molecular formula is C40H75N15O7S. The molecule has 0 spiro atoms. The van der Waals surface area contributed by atoms with E-state index in [-0.39, 0.29) is 120 Å². The van der Waals surface area contributed by atoms with Crippen LogP contribution >= 0.6 is 12.6 Å². The van der Waals surface area contributed by atoms with Crippen molar-refractivity contribution in [3.63, 3.8) is 0 Å². The Labute approximate surface area is 376 Å². The molecule has 1 aromatic rings. The molecule has 1 aromatic heterocycles. The van der Waals surface area contributed by atoms with Gasteiger partial charge >= 0.3 is 0 Å². The topological polar surface area (TPSA) is 374 Å².